The predicted molar refractivity (Wildman–Crippen MR) is 63.9 cm³/mol. The number of aromatic nitrogens is 1. The molecule has 14 heavy (non-hydrogen) atoms. The Kier molecular flexibility index (Phi) is 4.11. The molecule has 2 aromatic rings. The number of alkyl halides is 2. The first-order valence-electron chi connectivity index (χ1n) is 4.21. The summed E-state index contributed by atoms with van der Waals surface area (Å²) in [7, 11) is 0. The Morgan fingerprint density at radius 2 is 1.86 bits per heavy atom. The van der Waals surface area contributed by atoms with Crippen molar-refractivity contribution in [3.63, 3.8) is 0 Å². The maximum Gasteiger partial charge on any atom is 0.105 e. The molecule has 0 saturated heterocycles. The number of nitrogens with two attached hydrogens (primary N) is 1. The van der Waals surface area contributed by atoms with Gasteiger partial charge in [-0.2, -0.15) is 0 Å². The molecule has 0 unspecified atom stereocenters. The van der Waals surface area contributed by atoms with E-state index in [0.717, 1.165) is 11.3 Å². The van der Waals surface area contributed by atoms with E-state index in [1.165, 1.54) is 5.39 Å². The van der Waals surface area contributed by atoms with E-state index in [0.29, 0.717) is 0 Å². The van der Waals surface area contributed by atoms with Crippen LogP contribution in [-0.2, 0) is 0 Å². The fourth-order valence-corrected chi connectivity index (χ4v) is 1.10. The zero-order valence-electron chi connectivity index (χ0n) is 7.80. The van der Waals surface area contributed by atoms with E-state index in [1.54, 1.807) is 6.92 Å². The Labute approximate surface area is 93.0 Å². The van der Waals surface area contributed by atoms with Gasteiger partial charge in [0.25, 0.3) is 0 Å². The Bertz CT molecular complexity index is 360. The van der Waals surface area contributed by atoms with E-state index in [2.05, 4.69) is 4.98 Å². The third-order valence-corrected chi connectivity index (χ3v) is 1.55. The molecule has 0 atom stereocenters. The van der Waals surface area contributed by atoms with Gasteiger partial charge in [0.2, 0.25) is 0 Å². The Balaban J connectivity index is 0.000000213. The first-order valence-corrected chi connectivity index (χ1v) is 5.08. The zero-order valence-corrected chi connectivity index (χ0v) is 9.31. The Hall–Kier alpha value is -0.860. The van der Waals surface area contributed by atoms with Crippen molar-refractivity contribution in [1.82, 2.24) is 4.98 Å². The number of para-hydroxylation sites is 1. The molecule has 0 bridgehead atoms. The minimum atomic E-state index is -0.222. The normalized spacial score (nSPS) is 10.0. The van der Waals surface area contributed by atoms with Gasteiger partial charge in [0, 0.05) is 10.9 Å². The van der Waals surface area contributed by atoms with Crippen molar-refractivity contribution >= 4 is 39.9 Å². The number of H-pyrrole nitrogens is 1. The number of anilines is 1. The first-order chi connectivity index (χ1) is 6.59. The maximum atomic E-state index is 5.54. The van der Waals surface area contributed by atoms with Gasteiger partial charge in [-0.05, 0) is 19.1 Å². The van der Waals surface area contributed by atoms with E-state index >= 15 is 0 Å². The summed E-state index contributed by atoms with van der Waals surface area (Å²) in [6, 6.07) is 9.94. The number of benzene rings is 1. The molecule has 76 valence electrons. The fourth-order valence-electron chi connectivity index (χ4n) is 1.10. The van der Waals surface area contributed by atoms with Crippen LogP contribution in [0.1, 0.15) is 6.92 Å². The monoisotopic (exact) mass is 230 g/mol. The highest BCUT2D eigenvalue weighted by atomic mass is 35.5. The van der Waals surface area contributed by atoms with E-state index in [4.69, 9.17) is 28.9 Å². The van der Waals surface area contributed by atoms with Crippen LogP contribution in [0.5, 0.6) is 0 Å². The highest BCUT2D eigenvalue weighted by Gasteiger charge is 1.92. The van der Waals surface area contributed by atoms with Gasteiger partial charge in [0.15, 0.2) is 0 Å². The minimum absolute atomic E-state index is 0.222. The summed E-state index contributed by atoms with van der Waals surface area (Å²) in [6.07, 6.45) is 0. The van der Waals surface area contributed by atoms with Crippen LogP contribution in [0.2, 0.25) is 0 Å². The van der Waals surface area contributed by atoms with E-state index in [1.807, 2.05) is 30.3 Å². The van der Waals surface area contributed by atoms with Gasteiger partial charge in [0.1, 0.15) is 10.7 Å². The number of hydrogen-bond acceptors (Lipinski definition) is 1. The van der Waals surface area contributed by atoms with Gasteiger partial charge in [-0.3, -0.25) is 0 Å². The smallest absolute Gasteiger partial charge is 0.105 e. The van der Waals surface area contributed by atoms with Crippen molar-refractivity contribution in [1.29, 1.82) is 0 Å². The van der Waals surface area contributed by atoms with Crippen LogP contribution in [0.25, 0.3) is 10.9 Å². The van der Waals surface area contributed by atoms with E-state index in [9.17, 15) is 0 Å². The second-order valence-electron chi connectivity index (χ2n) is 2.83. The Morgan fingerprint density at radius 3 is 2.43 bits per heavy atom. The summed E-state index contributed by atoms with van der Waals surface area (Å²) >= 11 is 10.1. The van der Waals surface area contributed by atoms with Crippen LogP contribution in [-0.4, -0.2) is 9.82 Å². The third-order valence-electron chi connectivity index (χ3n) is 1.55. The van der Waals surface area contributed by atoms with Gasteiger partial charge in [-0.25, -0.2) is 0 Å². The van der Waals surface area contributed by atoms with Crippen LogP contribution in [0.3, 0.4) is 0 Å². The lowest BCUT2D eigenvalue weighted by Gasteiger charge is -1.83. The summed E-state index contributed by atoms with van der Waals surface area (Å²) in [6.45, 7) is 1.70. The molecule has 4 heteroatoms. The standard InChI is InChI=1S/C8H8N2.C2H4Cl2/c9-8-5-6-3-1-2-4-7(6)10-8;1-2(3)4/h1-5,10H,9H2;2H,1H3. The number of rotatable bonds is 0. The van der Waals surface area contributed by atoms with Gasteiger partial charge in [-0.15, -0.1) is 23.2 Å². The number of fused-ring (bicyclic) bond motifs is 1. The summed E-state index contributed by atoms with van der Waals surface area (Å²) in [5, 5.41) is 1.17. The lowest BCUT2D eigenvalue weighted by Crippen LogP contribution is -1.80. The van der Waals surface area contributed by atoms with Crippen molar-refractivity contribution in [2.45, 2.75) is 11.8 Å². The number of halogens is 2. The topological polar surface area (TPSA) is 41.8 Å². The Morgan fingerprint density at radius 1 is 1.29 bits per heavy atom. The summed E-state index contributed by atoms with van der Waals surface area (Å²) in [5.74, 6) is 0.723. The van der Waals surface area contributed by atoms with Crippen LogP contribution in [0.4, 0.5) is 5.82 Å². The lowest BCUT2D eigenvalue weighted by atomic mass is 10.3. The number of aromatic amines is 1. The van der Waals surface area contributed by atoms with Crippen molar-refractivity contribution in [3.8, 4) is 0 Å². The lowest BCUT2D eigenvalue weighted by molar-refractivity contribution is 1.39. The minimum Gasteiger partial charge on any atom is -0.385 e. The van der Waals surface area contributed by atoms with Gasteiger partial charge in [-0.1, -0.05) is 18.2 Å². The summed E-state index contributed by atoms with van der Waals surface area (Å²) in [5.41, 5.74) is 6.63. The quantitative estimate of drug-likeness (QED) is 0.668. The molecule has 1 heterocycles. The maximum absolute atomic E-state index is 5.54. The summed E-state index contributed by atoms with van der Waals surface area (Å²) in [4.78, 5) is 2.81. The molecule has 0 aliphatic heterocycles. The van der Waals surface area contributed by atoms with Gasteiger partial charge >= 0.3 is 0 Å². The van der Waals surface area contributed by atoms with Gasteiger partial charge in [0.05, 0.1) is 0 Å². The molecule has 0 amide bonds. The third kappa shape index (κ3) is 3.48. The predicted octanol–water partition coefficient (Wildman–Crippen LogP) is 3.56. The second-order valence-corrected chi connectivity index (χ2v) is 4.36. The van der Waals surface area contributed by atoms with Crippen LogP contribution in [0, 0.1) is 0 Å². The molecule has 3 N–H and O–H groups in total. The molecule has 1 aromatic heterocycles. The van der Waals surface area contributed by atoms with Crippen molar-refractivity contribution in [3.05, 3.63) is 30.3 Å². The average molecular weight is 231 g/mol. The molecule has 0 fully saturated rings. The van der Waals surface area contributed by atoms with Crippen molar-refractivity contribution in [2.75, 3.05) is 5.73 Å². The summed E-state index contributed by atoms with van der Waals surface area (Å²) < 4.78 is 0. The largest absolute Gasteiger partial charge is 0.385 e. The molecular formula is C10H12Cl2N2. The first kappa shape index (κ1) is 11.2. The molecule has 2 nitrogen and oxygen atoms in total. The average Bonchev–Trinajstić information content (AvgIpc) is 2.42. The van der Waals surface area contributed by atoms with Gasteiger partial charge < -0.3 is 10.7 Å². The number of nitrogen functional groups attached to an aromatic ring is 1. The second kappa shape index (κ2) is 5.13. The van der Waals surface area contributed by atoms with E-state index in [-0.39, 0.29) is 4.84 Å². The zero-order chi connectivity index (χ0) is 10.6. The SMILES string of the molecule is CC(Cl)Cl.Nc1cc2ccccc2[nH]1. The molecule has 0 aliphatic carbocycles. The molecule has 0 saturated carbocycles. The van der Waals surface area contributed by atoms with Crippen LogP contribution in [0.15, 0.2) is 30.3 Å². The van der Waals surface area contributed by atoms with Crippen molar-refractivity contribution in [2.24, 2.45) is 0 Å². The molecule has 2 rings (SSSR count). The molecule has 0 aliphatic rings. The molecule has 1 aromatic carbocycles. The van der Waals surface area contributed by atoms with Crippen molar-refractivity contribution < 1.29 is 0 Å². The van der Waals surface area contributed by atoms with Crippen LogP contribution >= 0.6 is 23.2 Å². The number of hydrogen-bond donors (Lipinski definition) is 2. The molecule has 0 radical (unpaired) electrons. The number of nitrogens with one attached hydrogen (secondary N) is 1. The highest BCUT2D eigenvalue weighted by Crippen LogP contribution is 2.14. The molecule has 0 spiro atoms. The fraction of sp³-hybridized carbons (Fsp3) is 0.200. The van der Waals surface area contributed by atoms with E-state index < -0.39 is 0 Å². The highest BCUT2D eigenvalue weighted by molar-refractivity contribution is 6.43. The molecular weight excluding hydrogens is 219 g/mol. The van der Waals surface area contributed by atoms with Crippen LogP contribution < -0.4 is 5.73 Å².